The Hall–Kier alpha value is -5.25. The number of hydrogen-bond donors (Lipinski definition) is 3. The highest BCUT2D eigenvalue weighted by atomic mass is 32.2. The maximum atomic E-state index is 12.8. The van der Waals surface area contributed by atoms with E-state index in [9.17, 15) is 57.8 Å². The smallest absolute Gasteiger partial charge is 0.317 e. The van der Waals surface area contributed by atoms with Gasteiger partial charge < -0.3 is 63.1 Å². The van der Waals surface area contributed by atoms with Crippen LogP contribution in [0.15, 0.2) is 0 Å². The third-order valence-corrected chi connectivity index (χ3v) is 11.7. The van der Waals surface area contributed by atoms with E-state index in [0.717, 1.165) is 78.9 Å². The summed E-state index contributed by atoms with van der Waals surface area (Å²) in [4.78, 5) is 134. The van der Waals surface area contributed by atoms with Gasteiger partial charge in [0.25, 0.3) is 0 Å². The van der Waals surface area contributed by atoms with Crippen molar-refractivity contribution in [1.82, 2.24) is 15.5 Å². The molecule has 2 fully saturated rings. The van der Waals surface area contributed by atoms with E-state index in [1.54, 1.807) is 4.90 Å². The number of esters is 8. The Labute approximate surface area is 407 Å². The van der Waals surface area contributed by atoms with E-state index in [1.165, 1.54) is 0 Å². The summed E-state index contributed by atoms with van der Waals surface area (Å²) in [5, 5.41) is 15.0. The Bertz CT molecular complexity index is 1690. The lowest BCUT2D eigenvalue weighted by molar-refractivity contribution is -0.237. The minimum atomic E-state index is -1.34. The molecule has 69 heavy (non-hydrogen) atoms. The maximum absolute atomic E-state index is 12.8. The Morgan fingerprint density at radius 2 is 0.797 bits per heavy atom. The quantitative estimate of drug-likeness (QED) is 0.0519. The van der Waals surface area contributed by atoms with Gasteiger partial charge in [-0.2, -0.15) is 0 Å². The molecule has 0 bridgehead atoms. The van der Waals surface area contributed by atoms with Crippen LogP contribution in [0.25, 0.3) is 0 Å². The summed E-state index contributed by atoms with van der Waals surface area (Å²) in [6.45, 7) is 8.83. The van der Waals surface area contributed by atoms with Crippen LogP contribution >= 0.6 is 23.5 Å². The molecule has 0 radical (unpaired) electrons. The number of hydrogen-bond acceptors (Lipinski definition) is 24. The summed E-state index contributed by atoms with van der Waals surface area (Å²) >= 11 is 2.09. The van der Waals surface area contributed by atoms with Crippen LogP contribution < -0.4 is 10.6 Å². The molecule has 2 amide bonds. The molecule has 27 heteroatoms. The van der Waals surface area contributed by atoms with Gasteiger partial charge in [-0.3, -0.25) is 57.6 Å². The van der Waals surface area contributed by atoms with Gasteiger partial charge in [-0.15, -0.1) is 23.5 Å². The van der Waals surface area contributed by atoms with Crippen LogP contribution in [0.4, 0.5) is 0 Å². The molecule has 2 heterocycles. The monoisotopic (exact) mass is 1030 g/mol. The predicted molar refractivity (Wildman–Crippen MR) is 237 cm³/mol. The number of carbonyl (C=O) groups is 11. The number of carboxylic acids is 1. The van der Waals surface area contributed by atoms with Gasteiger partial charge in [0.15, 0.2) is 36.6 Å². The van der Waals surface area contributed by atoms with Gasteiger partial charge >= 0.3 is 53.7 Å². The molecule has 0 spiro atoms. The first-order chi connectivity index (χ1) is 32.5. The highest BCUT2D eigenvalue weighted by Crippen LogP contribution is 2.36. The maximum Gasteiger partial charge on any atom is 0.317 e. The number of rotatable bonds is 28. The number of nitrogens with zero attached hydrogens (tertiary/aromatic N) is 1. The second kappa shape index (κ2) is 31.1. The van der Waals surface area contributed by atoms with Crippen LogP contribution in [0, 0.1) is 0 Å². The van der Waals surface area contributed by atoms with Crippen molar-refractivity contribution >= 4 is 89.1 Å². The number of carbonyl (C=O) groups excluding carboxylic acids is 10. The summed E-state index contributed by atoms with van der Waals surface area (Å²) in [5.41, 5.74) is -2.10. The zero-order valence-corrected chi connectivity index (χ0v) is 41.4. The minimum Gasteiger partial charge on any atom is -0.480 e. The van der Waals surface area contributed by atoms with Gasteiger partial charge in [0.1, 0.15) is 36.3 Å². The normalized spacial score (nSPS) is 24.1. The number of ether oxygens (including phenoxy) is 10. The molecule has 390 valence electrons. The third kappa shape index (κ3) is 23.7. The number of aliphatic carboxylic acids is 1. The number of nitrogens with one attached hydrogen (secondary N) is 2. The number of carboxylic acid groups (broad SMARTS) is 1. The highest BCUT2D eigenvalue weighted by molar-refractivity contribution is 8.00. The molecule has 2 aliphatic heterocycles. The fourth-order valence-electron chi connectivity index (χ4n) is 6.88. The number of amides is 2. The Morgan fingerprint density at radius 1 is 0.478 bits per heavy atom. The lowest BCUT2D eigenvalue weighted by atomic mass is 9.99. The van der Waals surface area contributed by atoms with Crippen molar-refractivity contribution in [1.29, 1.82) is 0 Å². The Kier molecular flexibility index (Phi) is 27.0. The predicted octanol–water partition coefficient (Wildman–Crippen LogP) is -0.202. The fraction of sp³-hybridized carbons (Fsp3) is 0.738. The summed E-state index contributed by atoms with van der Waals surface area (Å²) in [6.07, 6.45) is -9.48. The van der Waals surface area contributed by atoms with Crippen molar-refractivity contribution in [2.75, 3.05) is 57.4 Å². The average molecular weight is 1030 g/mol. The molecule has 25 nitrogen and oxygen atoms in total. The van der Waals surface area contributed by atoms with E-state index < -0.39 is 127 Å². The van der Waals surface area contributed by atoms with Gasteiger partial charge in [-0.05, 0) is 12.8 Å². The molecule has 0 aromatic carbocycles. The Morgan fingerprint density at radius 3 is 1.10 bits per heavy atom. The topological polar surface area (TPSA) is 328 Å². The van der Waals surface area contributed by atoms with Gasteiger partial charge in [0.05, 0.1) is 6.54 Å². The SMILES string of the molecule is CC(=O)OC[C@H]1O[C@@H](SCCC(=O)NCCCN(CCCNC(=O)CCS[C@@H]2O[C@H](COC(C)=O)[C@H](OC(C)=O)[C@H](OC(C)=O)[C@H]2OC(C)=O)CC(=O)O)[C@H](OC(C)=O)[C@@H](OC(C)=O)[C@H]1OC(C)=O. The largest absolute Gasteiger partial charge is 0.480 e. The second-order valence-corrected chi connectivity index (χ2v) is 17.9. The van der Waals surface area contributed by atoms with E-state index in [4.69, 9.17) is 47.4 Å². The number of thioether (sulfide) groups is 2. The van der Waals surface area contributed by atoms with E-state index in [2.05, 4.69) is 10.6 Å². The van der Waals surface area contributed by atoms with Crippen molar-refractivity contribution in [3.8, 4) is 0 Å². The van der Waals surface area contributed by atoms with Crippen LogP contribution in [0.5, 0.6) is 0 Å². The molecule has 2 aliphatic rings. The Balaban J connectivity index is 1.91. The molecule has 10 atom stereocenters. The summed E-state index contributed by atoms with van der Waals surface area (Å²) in [7, 11) is 0. The van der Waals surface area contributed by atoms with E-state index in [1.807, 2.05) is 0 Å². The van der Waals surface area contributed by atoms with Gasteiger partial charge in [-0.25, -0.2) is 0 Å². The van der Waals surface area contributed by atoms with Crippen LogP contribution in [-0.2, 0) is 100 Å². The lowest BCUT2D eigenvalue weighted by Gasteiger charge is -2.44. The molecule has 0 unspecified atom stereocenters. The summed E-state index contributed by atoms with van der Waals surface area (Å²) in [6, 6.07) is 0. The molecule has 0 aromatic heterocycles. The van der Waals surface area contributed by atoms with Crippen molar-refractivity contribution in [3.05, 3.63) is 0 Å². The average Bonchev–Trinajstić information content (AvgIpc) is 3.22. The van der Waals surface area contributed by atoms with E-state index in [-0.39, 0.29) is 68.9 Å². The van der Waals surface area contributed by atoms with Crippen LogP contribution in [-0.4, -0.2) is 193 Å². The molecular formula is C42H63N3O22S2. The lowest BCUT2D eigenvalue weighted by Crippen LogP contribution is -2.61. The summed E-state index contributed by atoms with van der Waals surface area (Å²) in [5.74, 6) is -7.52. The first-order valence-corrected chi connectivity index (χ1v) is 23.9. The third-order valence-electron chi connectivity index (χ3n) is 9.42. The first-order valence-electron chi connectivity index (χ1n) is 21.8. The van der Waals surface area contributed by atoms with Gasteiger partial charge in [-0.1, -0.05) is 0 Å². The van der Waals surface area contributed by atoms with Crippen molar-refractivity contribution in [2.24, 2.45) is 0 Å². The fourth-order valence-corrected chi connectivity index (χ4v) is 9.19. The molecule has 0 saturated carbocycles. The second-order valence-electron chi connectivity index (χ2n) is 15.5. The molecule has 2 rings (SSSR count). The first kappa shape index (κ1) is 59.9. The van der Waals surface area contributed by atoms with Gasteiger partial charge in [0, 0.05) is 106 Å². The molecule has 0 aromatic rings. The molecule has 3 N–H and O–H groups in total. The van der Waals surface area contributed by atoms with Crippen LogP contribution in [0.2, 0.25) is 0 Å². The molecular weight excluding hydrogens is 963 g/mol. The zero-order chi connectivity index (χ0) is 51.8. The standard InChI is InChI=1S/C42H63N3O22S2/c1-22(46)58-20-30-35(60-24(3)48)37(62-26(5)50)39(64-28(7)52)41(66-30)68-17-11-32(54)43-13-9-15-45(19-34(56)57)16-10-14-44-33(55)12-18-69-42-40(65-29(8)53)38(63-27(6)51)36(61-25(4)49)31(67-42)21-59-23(2)47/h30-31,35-42H,9-21H2,1-8H3,(H,43,54)(H,44,55)(H,56,57)/t30-,31-,35+,36+,37+,38+,39-,40-,41+,42+/m1/s1. The minimum absolute atomic E-state index is 0.0447. The van der Waals surface area contributed by atoms with Crippen molar-refractivity contribution in [2.45, 2.75) is 141 Å². The molecule has 2 saturated heterocycles. The zero-order valence-electron chi connectivity index (χ0n) is 39.8. The molecule has 0 aliphatic carbocycles. The van der Waals surface area contributed by atoms with Crippen molar-refractivity contribution < 1.29 is 105 Å². The van der Waals surface area contributed by atoms with Gasteiger partial charge in [0.2, 0.25) is 11.8 Å². The van der Waals surface area contributed by atoms with E-state index >= 15 is 0 Å². The van der Waals surface area contributed by atoms with Crippen molar-refractivity contribution in [3.63, 3.8) is 0 Å². The van der Waals surface area contributed by atoms with Crippen LogP contribution in [0.1, 0.15) is 81.1 Å². The van der Waals surface area contributed by atoms with Crippen LogP contribution in [0.3, 0.4) is 0 Å². The van der Waals surface area contributed by atoms with E-state index in [0.29, 0.717) is 12.8 Å². The summed E-state index contributed by atoms with van der Waals surface area (Å²) < 4.78 is 54.7. The highest BCUT2D eigenvalue weighted by Gasteiger charge is 2.53.